The Balaban J connectivity index is 1.40. The molecule has 0 atom stereocenters. The second kappa shape index (κ2) is 7.44. The zero-order valence-corrected chi connectivity index (χ0v) is 16.7. The van der Waals surface area contributed by atoms with Gasteiger partial charge in [0.05, 0.1) is 29.3 Å². The van der Waals surface area contributed by atoms with Crippen LogP contribution in [-0.2, 0) is 6.61 Å². The summed E-state index contributed by atoms with van der Waals surface area (Å²) >= 11 is 0. The van der Waals surface area contributed by atoms with Gasteiger partial charge in [0.2, 0.25) is 0 Å². The highest BCUT2D eigenvalue weighted by atomic mass is 16.5. The van der Waals surface area contributed by atoms with Crippen LogP contribution in [0.15, 0.2) is 67.4 Å². The van der Waals surface area contributed by atoms with E-state index in [2.05, 4.69) is 43.5 Å². The first-order valence-electron chi connectivity index (χ1n) is 9.65. The number of aryl methyl sites for hydroxylation is 1. The summed E-state index contributed by atoms with van der Waals surface area (Å²) in [5, 5.41) is 5.19. The third kappa shape index (κ3) is 3.30. The van der Waals surface area contributed by atoms with Crippen LogP contribution in [0.2, 0.25) is 0 Å². The molecule has 0 amide bonds. The molecular weight excluding hydrogens is 376 g/mol. The molecule has 4 aromatic heterocycles. The lowest BCUT2D eigenvalue weighted by molar-refractivity contribution is 0.305. The van der Waals surface area contributed by atoms with Gasteiger partial charge < -0.3 is 10.1 Å². The van der Waals surface area contributed by atoms with Crippen molar-refractivity contribution in [1.82, 2.24) is 24.5 Å². The number of nitrogens with one attached hydrogen (secondary N) is 1. The number of nitrogens with zero attached hydrogens (tertiary/aromatic N) is 5. The van der Waals surface area contributed by atoms with Crippen LogP contribution >= 0.6 is 0 Å². The quantitative estimate of drug-likeness (QED) is 0.477. The molecule has 0 aliphatic rings. The minimum Gasteiger partial charge on any atom is -0.487 e. The Morgan fingerprint density at radius 3 is 2.83 bits per heavy atom. The normalized spacial score (nSPS) is 11.1. The Morgan fingerprint density at radius 2 is 1.93 bits per heavy atom. The van der Waals surface area contributed by atoms with E-state index in [-0.39, 0.29) is 0 Å². The Morgan fingerprint density at radius 1 is 1.03 bits per heavy atom. The van der Waals surface area contributed by atoms with E-state index in [0.29, 0.717) is 12.4 Å². The Hall–Kier alpha value is -4.00. The van der Waals surface area contributed by atoms with E-state index in [0.717, 1.165) is 44.7 Å². The van der Waals surface area contributed by atoms with Gasteiger partial charge in [0, 0.05) is 30.1 Å². The lowest BCUT2D eigenvalue weighted by Gasteiger charge is -2.10. The van der Waals surface area contributed by atoms with E-state index in [1.165, 1.54) is 0 Å². The highest BCUT2D eigenvalue weighted by molar-refractivity contribution is 5.81. The molecule has 0 aliphatic carbocycles. The van der Waals surface area contributed by atoms with Crippen molar-refractivity contribution in [2.24, 2.45) is 0 Å². The number of hydrogen-bond acceptors (Lipinski definition) is 6. The third-order valence-corrected chi connectivity index (χ3v) is 5.08. The van der Waals surface area contributed by atoms with E-state index >= 15 is 0 Å². The number of aromatic nitrogens is 5. The minimum atomic E-state index is 0.431. The first-order valence-corrected chi connectivity index (χ1v) is 9.65. The van der Waals surface area contributed by atoms with Gasteiger partial charge in [-0.25, -0.2) is 15.0 Å². The number of pyridine rings is 2. The Kier molecular flexibility index (Phi) is 4.48. The van der Waals surface area contributed by atoms with E-state index in [1.54, 1.807) is 18.7 Å². The van der Waals surface area contributed by atoms with Crippen molar-refractivity contribution in [3.63, 3.8) is 0 Å². The van der Waals surface area contributed by atoms with E-state index in [1.807, 2.05) is 49.0 Å². The molecule has 30 heavy (non-hydrogen) atoms. The molecule has 4 heterocycles. The summed E-state index contributed by atoms with van der Waals surface area (Å²) in [4.78, 5) is 17.6. The van der Waals surface area contributed by atoms with Crippen molar-refractivity contribution in [2.75, 3.05) is 12.4 Å². The number of fused-ring (bicyclic) bond motifs is 2. The monoisotopic (exact) mass is 396 g/mol. The van der Waals surface area contributed by atoms with Gasteiger partial charge in [0.15, 0.2) is 0 Å². The smallest absolute Gasteiger partial charge is 0.148 e. The average Bonchev–Trinajstić information content (AvgIpc) is 3.23. The predicted octanol–water partition coefficient (Wildman–Crippen LogP) is 4.29. The average molecular weight is 396 g/mol. The van der Waals surface area contributed by atoms with Crippen LogP contribution in [0.4, 0.5) is 5.82 Å². The molecule has 0 unspecified atom stereocenters. The zero-order chi connectivity index (χ0) is 20.5. The van der Waals surface area contributed by atoms with Crippen molar-refractivity contribution in [3.05, 3.63) is 78.6 Å². The van der Waals surface area contributed by atoms with Gasteiger partial charge in [-0.15, -0.1) is 0 Å². The van der Waals surface area contributed by atoms with E-state index in [9.17, 15) is 0 Å². The number of anilines is 1. The molecule has 0 aliphatic heterocycles. The van der Waals surface area contributed by atoms with Crippen molar-refractivity contribution in [2.45, 2.75) is 13.5 Å². The van der Waals surface area contributed by atoms with Gasteiger partial charge in [0.25, 0.3) is 0 Å². The predicted molar refractivity (Wildman–Crippen MR) is 117 cm³/mol. The van der Waals surface area contributed by atoms with E-state index < -0.39 is 0 Å². The molecule has 1 aromatic carbocycles. The van der Waals surface area contributed by atoms with Gasteiger partial charge >= 0.3 is 0 Å². The topological polar surface area (TPSA) is 77.8 Å². The largest absolute Gasteiger partial charge is 0.487 e. The van der Waals surface area contributed by atoms with Crippen LogP contribution in [0.3, 0.4) is 0 Å². The standard InChI is InChI=1S/C23H20N6O/c1-15-20-7-8-29(23(20)27-14-26-15)18-10-19(12-25-11-18)30-13-16-3-4-17-5-6-22(24-2)28-21(17)9-16/h3-12,14H,13H2,1-2H3,(H,24,28). The maximum absolute atomic E-state index is 6.02. The second-order valence-electron chi connectivity index (χ2n) is 7.02. The molecule has 0 fully saturated rings. The Labute approximate surface area is 173 Å². The van der Waals surface area contributed by atoms with Crippen molar-refractivity contribution >= 4 is 27.8 Å². The van der Waals surface area contributed by atoms with Gasteiger partial charge in [0.1, 0.15) is 30.1 Å². The van der Waals surface area contributed by atoms with Crippen LogP contribution in [0.5, 0.6) is 5.75 Å². The minimum absolute atomic E-state index is 0.431. The SMILES string of the molecule is CNc1ccc2ccc(COc3cncc(-n4ccc5c(C)ncnc54)c3)cc2n1. The summed E-state index contributed by atoms with van der Waals surface area (Å²) < 4.78 is 8.01. The van der Waals surface area contributed by atoms with Crippen molar-refractivity contribution < 1.29 is 4.74 Å². The first kappa shape index (κ1) is 18.1. The van der Waals surface area contributed by atoms with E-state index in [4.69, 9.17) is 4.74 Å². The van der Waals surface area contributed by atoms with Crippen LogP contribution < -0.4 is 10.1 Å². The van der Waals surface area contributed by atoms with Gasteiger partial charge in [-0.2, -0.15) is 0 Å². The molecule has 7 nitrogen and oxygen atoms in total. The number of ether oxygens (including phenoxy) is 1. The molecule has 148 valence electrons. The summed E-state index contributed by atoms with van der Waals surface area (Å²) in [7, 11) is 1.86. The highest BCUT2D eigenvalue weighted by Gasteiger charge is 2.09. The summed E-state index contributed by atoms with van der Waals surface area (Å²) in [6, 6.07) is 14.2. The maximum atomic E-state index is 6.02. The number of rotatable bonds is 5. The van der Waals surface area contributed by atoms with Crippen LogP contribution in [0.1, 0.15) is 11.3 Å². The molecule has 0 bridgehead atoms. The van der Waals surface area contributed by atoms with Crippen LogP contribution in [0, 0.1) is 6.92 Å². The summed E-state index contributed by atoms with van der Waals surface area (Å²) in [6.45, 7) is 2.41. The molecule has 1 N–H and O–H groups in total. The fraction of sp³-hybridized carbons (Fsp3) is 0.130. The van der Waals surface area contributed by atoms with Crippen LogP contribution in [-0.4, -0.2) is 31.6 Å². The number of hydrogen-bond donors (Lipinski definition) is 1. The van der Waals surface area contributed by atoms with Crippen LogP contribution in [0.25, 0.3) is 27.6 Å². The number of benzene rings is 1. The second-order valence-corrected chi connectivity index (χ2v) is 7.02. The van der Waals surface area contributed by atoms with Gasteiger partial charge in [-0.1, -0.05) is 12.1 Å². The Bertz CT molecular complexity index is 1360. The lowest BCUT2D eigenvalue weighted by Crippen LogP contribution is -2.00. The fourth-order valence-corrected chi connectivity index (χ4v) is 3.46. The molecule has 0 saturated carbocycles. The summed E-state index contributed by atoms with van der Waals surface area (Å²) in [6.07, 6.45) is 7.06. The zero-order valence-electron chi connectivity index (χ0n) is 16.7. The lowest BCUT2D eigenvalue weighted by atomic mass is 10.1. The van der Waals surface area contributed by atoms with Gasteiger partial charge in [-0.05, 0) is 36.8 Å². The highest BCUT2D eigenvalue weighted by Crippen LogP contribution is 2.23. The molecule has 0 spiro atoms. The van der Waals surface area contributed by atoms with Crippen molar-refractivity contribution in [3.8, 4) is 11.4 Å². The molecule has 5 rings (SSSR count). The van der Waals surface area contributed by atoms with Crippen molar-refractivity contribution in [1.29, 1.82) is 0 Å². The molecular formula is C23H20N6O. The molecule has 0 radical (unpaired) electrons. The third-order valence-electron chi connectivity index (χ3n) is 5.08. The molecule has 7 heteroatoms. The van der Waals surface area contributed by atoms with Gasteiger partial charge in [-0.3, -0.25) is 9.55 Å². The molecule has 0 saturated heterocycles. The molecule has 5 aromatic rings. The first-order chi connectivity index (χ1) is 14.7. The fourth-order valence-electron chi connectivity index (χ4n) is 3.46. The summed E-state index contributed by atoms with van der Waals surface area (Å²) in [5.41, 5.74) is 4.67. The summed E-state index contributed by atoms with van der Waals surface area (Å²) in [5.74, 6) is 1.53. The maximum Gasteiger partial charge on any atom is 0.148 e.